The zero-order valence-electron chi connectivity index (χ0n) is 17.5. The van der Waals surface area contributed by atoms with Crippen LogP contribution in [-0.2, 0) is 11.3 Å². The van der Waals surface area contributed by atoms with E-state index in [2.05, 4.69) is 59.9 Å². The maximum absolute atomic E-state index is 6.01. The molecule has 0 saturated carbocycles. The number of likely N-dealkylation sites (N-methyl/N-ethyl adjacent to an activating group) is 1. The minimum absolute atomic E-state index is 0.243. The number of morpholine rings is 1. The molecule has 0 spiro atoms. The van der Waals surface area contributed by atoms with Crippen LogP contribution in [0, 0.1) is 0 Å². The quantitative estimate of drug-likeness (QED) is 0.652. The van der Waals surface area contributed by atoms with Crippen molar-refractivity contribution in [1.29, 1.82) is 0 Å². The van der Waals surface area contributed by atoms with E-state index in [0.717, 1.165) is 77.8 Å². The van der Waals surface area contributed by atoms with Crippen molar-refractivity contribution >= 4 is 0 Å². The molecule has 1 aromatic carbocycles. The van der Waals surface area contributed by atoms with Crippen LogP contribution in [0.15, 0.2) is 24.3 Å². The zero-order valence-corrected chi connectivity index (χ0v) is 17.5. The number of hydrogen-bond donors (Lipinski definition) is 0. The Balaban J connectivity index is 1.38. The molecule has 2 aliphatic rings. The fraction of sp³-hybridized carbons (Fsp3) is 0.727. The molecule has 0 bridgehead atoms. The van der Waals surface area contributed by atoms with Crippen LogP contribution in [0.5, 0.6) is 5.75 Å². The summed E-state index contributed by atoms with van der Waals surface area (Å²) in [4.78, 5) is 7.50. The number of benzene rings is 1. The van der Waals surface area contributed by atoms with Crippen LogP contribution < -0.4 is 4.74 Å². The molecule has 0 aromatic heterocycles. The molecule has 5 heteroatoms. The summed E-state index contributed by atoms with van der Waals surface area (Å²) in [5.41, 5.74) is 1.59. The van der Waals surface area contributed by atoms with E-state index in [-0.39, 0.29) is 5.54 Å². The molecule has 0 N–H and O–H groups in total. The van der Waals surface area contributed by atoms with E-state index in [9.17, 15) is 0 Å². The maximum atomic E-state index is 6.01. The van der Waals surface area contributed by atoms with Gasteiger partial charge in [-0.1, -0.05) is 12.1 Å². The smallest absolute Gasteiger partial charge is 0.119 e. The van der Waals surface area contributed by atoms with Gasteiger partial charge in [-0.3, -0.25) is 14.7 Å². The van der Waals surface area contributed by atoms with E-state index < -0.39 is 0 Å². The van der Waals surface area contributed by atoms with Crippen LogP contribution in [0.1, 0.15) is 32.3 Å². The van der Waals surface area contributed by atoms with Crippen LogP contribution in [-0.4, -0.2) is 86.4 Å². The van der Waals surface area contributed by atoms with E-state index in [1.165, 1.54) is 12.0 Å². The molecule has 1 aromatic rings. The molecule has 2 heterocycles. The van der Waals surface area contributed by atoms with E-state index in [1.807, 2.05) is 0 Å². The molecule has 0 unspecified atom stereocenters. The van der Waals surface area contributed by atoms with E-state index in [4.69, 9.17) is 9.47 Å². The van der Waals surface area contributed by atoms with Gasteiger partial charge in [-0.2, -0.15) is 0 Å². The summed E-state index contributed by atoms with van der Waals surface area (Å²) in [6, 6.07) is 8.64. The Morgan fingerprint density at radius 1 is 1.04 bits per heavy atom. The van der Waals surface area contributed by atoms with Crippen LogP contribution in [0.25, 0.3) is 0 Å². The van der Waals surface area contributed by atoms with Crippen molar-refractivity contribution in [3.05, 3.63) is 29.8 Å². The minimum atomic E-state index is 0.243. The largest absolute Gasteiger partial charge is 0.494 e. The molecule has 2 saturated heterocycles. The standard InChI is InChI=1S/C22H37N3O2/c1-22(2)19-25(11-10-23(22)3)18-20-7-6-8-21(17-20)27-14-5-4-9-24-12-15-26-16-13-24/h6-8,17H,4-5,9-16,18-19H2,1-3H3. The van der Waals surface area contributed by atoms with Gasteiger partial charge in [0.15, 0.2) is 0 Å². The third kappa shape index (κ3) is 6.46. The first-order valence-corrected chi connectivity index (χ1v) is 10.5. The SMILES string of the molecule is CN1CCN(Cc2cccc(OCCCCN3CCOCC3)c2)CC1(C)C. The van der Waals surface area contributed by atoms with Gasteiger partial charge in [-0.25, -0.2) is 0 Å². The number of rotatable bonds is 8. The molecule has 0 aliphatic carbocycles. The highest BCUT2D eigenvalue weighted by Crippen LogP contribution is 2.22. The summed E-state index contributed by atoms with van der Waals surface area (Å²) >= 11 is 0. The van der Waals surface area contributed by atoms with Crippen molar-refractivity contribution in [1.82, 2.24) is 14.7 Å². The first-order chi connectivity index (χ1) is 13.0. The van der Waals surface area contributed by atoms with Crippen molar-refractivity contribution < 1.29 is 9.47 Å². The Morgan fingerprint density at radius 3 is 2.63 bits per heavy atom. The van der Waals surface area contributed by atoms with Crippen LogP contribution in [0.2, 0.25) is 0 Å². The average molecular weight is 376 g/mol. The lowest BCUT2D eigenvalue weighted by molar-refractivity contribution is 0.0359. The topological polar surface area (TPSA) is 28.2 Å². The number of nitrogens with zero attached hydrogens (tertiary/aromatic N) is 3. The maximum Gasteiger partial charge on any atom is 0.119 e. The van der Waals surface area contributed by atoms with Gasteiger partial charge in [-0.05, 0) is 58.0 Å². The van der Waals surface area contributed by atoms with Crippen LogP contribution in [0.3, 0.4) is 0 Å². The van der Waals surface area contributed by atoms with E-state index in [1.54, 1.807) is 0 Å². The van der Waals surface area contributed by atoms with Gasteiger partial charge in [0, 0.05) is 44.8 Å². The lowest BCUT2D eigenvalue weighted by atomic mass is 9.99. The lowest BCUT2D eigenvalue weighted by Crippen LogP contribution is -2.57. The molecule has 5 nitrogen and oxygen atoms in total. The second-order valence-electron chi connectivity index (χ2n) is 8.60. The predicted molar refractivity (Wildman–Crippen MR) is 110 cm³/mol. The first kappa shape index (κ1) is 20.6. The minimum Gasteiger partial charge on any atom is -0.494 e. The van der Waals surface area contributed by atoms with Crippen LogP contribution >= 0.6 is 0 Å². The van der Waals surface area contributed by atoms with Gasteiger partial charge >= 0.3 is 0 Å². The molecule has 0 radical (unpaired) electrons. The number of unbranched alkanes of at least 4 members (excludes halogenated alkanes) is 1. The van der Waals surface area contributed by atoms with Crippen molar-refractivity contribution in [2.24, 2.45) is 0 Å². The molecule has 152 valence electrons. The van der Waals surface area contributed by atoms with Crippen molar-refractivity contribution in [3.8, 4) is 5.75 Å². The molecule has 27 heavy (non-hydrogen) atoms. The zero-order chi connectivity index (χ0) is 19.1. The van der Waals surface area contributed by atoms with Crippen molar-refractivity contribution in [2.75, 3.05) is 66.1 Å². The Kier molecular flexibility index (Phi) is 7.53. The summed E-state index contributed by atoms with van der Waals surface area (Å²) in [7, 11) is 2.23. The highest BCUT2D eigenvalue weighted by Gasteiger charge is 2.30. The van der Waals surface area contributed by atoms with E-state index >= 15 is 0 Å². The van der Waals surface area contributed by atoms with Gasteiger partial charge in [0.05, 0.1) is 19.8 Å². The Morgan fingerprint density at radius 2 is 1.85 bits per heavy atom. The highest BCUT2D eigenvalue weighted by molar-refractivity contribution is 5.28. The molecular formula is C22H37N3O2. The predicted octanol–water partition coefficient (Wildman–Crippen LogP) is 2.70. The molecular weight excluding hydrogens is 338 g/mol. The Labute approximate surface area is 165 Å². The monoisotopic (exact) mass is 375 g/mol. The number of ether oxygens (including phenoxy) is 2. The summed E-state index contributed by atoms with van der Waals surface area (Å²) in [6.07, 6.45) is 2.30. The lowest BCUT2D eigenvalue weighted by Gasteiger charge is -2.45. The third-order valence-electron chi connectivity index (χ3n) is 5.94. The highest BCUT2D eigenvalue weighted by atomic mass is 16.5. The van der Waals surface area contributed by atoms with Crippen molar-refractivity contribution in [2.45, 2.75) is 38.8 Å². The van der Waals surface area contributed by atoms with Gasteiger partial charge in [0.1, 0.15) is 5.75 Å². The molecule has 0 atom stereocenters. The number of piperazine rings is 1. The van der Waals surface area contributed by atoms with Gasteiger partial charge in [0.25, 0.3) is 0 Å². The number of hydrogen-bond acceptors (Lipinski definition) is 5. The van der Waals surface area contributed by atoms with Gasteiger partial charge in [-0.15, -0.1) is 0 Å². The molecule has 0 amide bonds. The Hall–Kier alpha value is -1.14. The first-order valence-electron chi connectivity index (χ1n) is 10.5. The summed E-state index contributed by atoms with van der Waals surface area (Å²) < 4.78 is 11.4. The summed E-state index contributed by atoms with van der Waals surface area (Å²) in [5.74, 6) is 1.01. The normalized spacial score (nSPS) is 22.0. The fourth-order valence-corrected chi connectivity index (χ4v) is 3.92. The van der Waals surface area contributed by atoms with Crippen molar-refractivity contribution in [3.63, 3.8) is 0 Å². The molecule has 2 aliphatic heterocycles. The Bertz CT molecular complexity index is 572. The molecule has 3 rings (SSSR count). The average Bonchev–Trinajstić information content (AvgIpc) is 2.65. The second kappa shape index (κ2) is 9.87. The third-order valence-corrected chi connectivity index (χ3v) is 5.94. The molecule has 2 fully saturated rings. The second-order valence-corrected chi connectivity index (χ2v) is 8.60. The van der Waals surface area contributed by atoms with Gasteiger partial charge in [0.2, 0.25) is 0 Å². The van der Waals surface area contributed by atoms with Gasteiger partial charge < -0.3 is 9.47 Å². The van der Waals surface area contributed by atoms with Crippen LogP contribution in [0.4, 0.5) is 0 Å². The van der Waals surface area contributed by atoms with E-state index in [0.29, 0.717) is 0 Å². The fourth-order valence-electron chi connectivity index (χ4n) is 3.92. The summed E-state index contributed by atoms with van der Waals surface area (Å²) in [5, 5.41) is 0. The summed E-state index contributed by atoms with van der Waals surface area (Å²) in [6.45, 7) is 14.9.